The maximum absolute atomic E-state index is 13.5. The van der Waals surface area contributed by atoms with Crippen LogP contribution in [0.2, 0.25) is 0 Å². The molecule has 1 amide bonds. The molecule has 0 bridgehead atoms. The maximum atomic E-state index is 13.5. The Morgan fingerprint density at radius 1 is 1.00 bits per heavy atom. The molecule has 2 aromatic rings. The molecule has 180 valence electrons. The highest BCUT2D eigenvalue weighted by Gasteiger charge is 2.22. The molecular weight excluding hydrogens is 414 g/mol. The van der Waals surface area contributed by atoms with Crippen molar-refractivity contribution in [2.75, 3.05) is 56.7 Å². The van der Waals surface area contributed by atoms with Gasteiger partial charge in [-0.15, -0.1) is 0 Å². The predicted molar refractivity (Wildman–Crippen MR) is 134 cm³/mol. The van der Waals surface area contributed by atoms with Gasteiger partial charge in [0.25, 0.3) is 5.91 Å². The summed E-state index contributed by atoms with van der Waals surface area (Å²) >= 11 is 0. The summed E-state index contributed by atoms with van der Waals surface area (Å²) in [7, 11) is 4.00. The van der Waals surface area contributed by atoms with E-state index in [9.17, 15) is 4.79 Å². The Hall–Kier alpha value is -2.67. The van der Waals surface area contributed by atoms with Crippen molar-refractivity contribution in [1.82, 2.24) is 14.9 Å². The molecule has 1 fully saturated rings. The number of nitrogens with zero attached hydrogens (tertiary/aromatic N) is 5. The van der Waals surface area contributed by atoms with Crippen LogP contribution < -0.4 is 14.5 Å². The average molecular weight is 454 g/mol. The topological polar surface area (TPSA) is 61.8 Å². The highest BCUT2D eigenvalue weighted by atomic mass is 16.5. The fourth-order valence-corrected chi connectivity index (χ4v) is 3.93. The zero-order chi connectivity index (χ0) is 23.5. The van der Waals surface area contributed by atoms with Gasteiger partial charge in [-0.3, -0.25) is 9.69 Å². The molecule has 0 N–H and O–H groups in total. The number of aromatic nitrogens is 2. The van der Waals surface area contributed by atoms with E-state index in [1.807, 2.05) is 44.4 Å². The van der Waals surface area contributed by atoms with Crippen molar-refractivity contribution in [3.05, 3.63) is 42.1 Å². The summed E-state index contributed by atoms with van der Waals surface area (Å²) in [5.41, 5.74) is 0.610. The van der Waals surface area contributed by atoms with Crippen LogP contribution in [0.3, 0.4) is 0 Å². The number of amides is 1. The molecule has 33 heavy (non-hydrogen) atoms. The van der Waals surface area contributed by atoms with Crippen molar-refractivity contribution in [2.24, 2.45) is 0 Å². The van der Waals surface area contributed by atoms with Gasteiger partial charge in [-0.05, 0) is 63.7 Å². The number of rotatable bonds is 11. The summed E-state index contributed by atoms with van der Waals surface area (Å²) in [5, 5.41) is 0. The maximum Gasteiger partial charge on any atom is 0.260 e. The summed E-state index contributed by atoms with van der Waals surface area (Å²) < 4.78 is 5.80. The highest BCUT2D eigenvalue weighted by Crippen LogP contribution is 2.21. The van der Waals surface area contributed by atoms with Crippen LogP contribution in [0.5, 0.6) is 5.75 Å². The van der Waals surface area contributed by atoms with Gasteiger partial charge in [0.1, 0.15) is 11.6 Å². The molecule has 1 aliphatic heterocycles. The van der Waals surface area contributed by atoms with E-state index in [-0.39, 0.29) is 5.91 Å². The molecule has 7 heteroatoms. The summed E-state index contributed by atoms with van der Waals surface area (Å²) in [5.74, 6) is 2.06. The van der Waals surface area contributed by atoms with E-state index in [1.54, 1.807) is 11.1 Å². The Kier molecular flexibility index (Phi) is 9.94. The van der Waals surface area contributed by atoms with Crippen molar-refractivity contribution >= 4 is 17.7 Å². The molecule has 0 radical (unpaired) electrons. The summed E-state index contributed by atoms with van der Waals surface area (Å²) in [6.07, 6.45) is 10.0. The SMILES string of the molecule is CCCCCOc1ccc(C(=O)N(CCN(C)C)c2nccc(N3CCCCCC3)n2)cc1. The number of hydrogen-bond acceptors (Lipinski definition) is 6. The number of likely N-dealkylation sites (N-methyl/N-ethyl adjacent to an activating group) is 1. The van der Waals surface area contributed by atoms with Crippen LogP contribution in [-0.4, -0.2) is 67.7 Å². The normalized spacial score (nSPS) is 14.2. The lowest BCUT2D eigenvalue weighted by atomic mass is 10.2. The lowest BCUT2D eigenvalue weighted by Crippen LogP contribution is -2.38. The Morgan fingerprint density at radius 2 is 1.73 bits per heavy atom. The highest BCUT2D eigenvalue weighted by molar-refractivity contribution is 6.05. The van der Waals surface area contributed by atoms with Crippen LogP contribution in [-0.2, 0) is 0 Å². The molecule has 1 aliphatic rings. The zero-order valence-electron chi connectivity index (χ0n) is 20.5. The largest absolute Gasteiger partial charge is 0.494 e. The number of ether oxygens (including phenoxy) is 1. The van der Waals surface area contributed by atoms with E-state index < -0.39 is 0 Å². The molecule has 1 aromatic heterocycles. The molecule has 0 unspecified atom stereocenters. The Morgan fingerprint density at radius 3 is 2.39 bits per heavy atom. The molecule has 1 aromatic carbocycles. The van der Waals surface area contributed by atoms with Gasteiger partial charge in [0, 0.05) is 37.9 Å². The number of benzene rings is 1. The first-order chi connectivity index (χ1) is 16.1. The smallest absolute Gasteiger partial charge is 0.260 e. The predicted octanol–water partition coefficient (Wildman–Crippen LogP) is 4.63. The van der Waals surface area contributed by atoms with Crippen molar-refractivity contribution in [3.63, 3.8) is 0 Å². The molecule has 0 atom stereocenters. The van der Waals surface area contributed by atoms with Gasteiger partial charge in [-0.2, -0.15) is 4.98 Å². The molecule has 0 aliphatic carbocycles. The van der Waals surface area contributed by atoms with Crippen LogP contribution in [0.1, 0.15) is 62.2 Å². The fraction of sp³-hybridized carbons (Fsp3) is 0.577. The van der Waals surface area contributed by atoms with Crippen molar-refractivity contribution in [2.45, 2.75) is 51.9 Å². The standard InChI is InChI=1S/C26H39N5O2/c1-4-5-10-21-33-23-13-11-22(12-14-23)25(32)31(20-19-29(2)3)26-27-16-15-24(28-26)30-17-8-6-7-9-18-30/h11-16H,4-10,17-21H2,1-3H3. The molecule has 3 rings (SSSR count). The van der Waals surface area contributed by atoms with Gasteiger partial charge in [0.2, 0.25) is 5.95 Å². The second-order valence-electron chi connectivity index (χ2n) is 8.96. The molecule has 7 nitrogen and oxygen atoms in total. The summed E-state index contributed by atoms with van der Waals surface area (Å²) in [6, 6.07) is 9.36. The Bertz CT molecular complexity index is 848. The molecule has 0 saturated carbocycles. The monoisotopic (exact) mass is 453 g/mol. The first-order valence-corrected chi connectivity index (χ1v) is 12.4. The lowest BCUT2D eigenvalue weighted by molar-refractivity contribution is 0.0983. The Labute approximate surface area is 198 Å². The van der Waals surface area contributed by atoms with Gasteiger partial charge in [-0.25, -0.2) is 4.98 Å². The first-order valence-electron chi connectivity index (χ1n) is 12.4. The van der Waals surface area contributed by atoms with E-state index in [1.165, 1.54) is 32.1 Å². The molecule has 0 spiro atoms. The van der Waals surface area contributed by atoms with Crippen LogP contribution in [0, 0.1) is 0 Å². The van der Waals surface area contributed by atoms with Crippen LogP contribution in [0.25, 0.3) is 0 Å². The quantitative estimate of drug-likeness (QED) is 0.462. The zero-order valence-corrected chi connectivity index (χ0v) is 20.5. The molecule has 1 saturated heterocycles. The van der Waals surface area contributed by atoms with Gasteiger partial charge >= 0.3 is 0 Å². The van der Waals surface area contributed by atoms with Crippen LogP contribution >= 0.6 is 0 Å². The fourth-order valence-electron chi connectivity index (χ4n) is 3.93. The third kappa shape index (κ3) is 7.70. The number of anilines is 2. The molecule has 2 heterocycles. The second kappa shape index (κ2) is 13.1. The van der Waals surface area contributed by atoms with E-state index in [0.29, 0.717) is 24.7 Å². The number of carbonyl (C=O) groups is 1. The summed E-state index contributed by atoms with van der Waals surface area (Å²) in [6.45, 7) is 6.12. The minimum Gasteiger partial charge on any atom is -0.494 e. The first kappa shape index (κ1) is 25.0. The van der Waals surface area contributed by atoms with Crippen LogP contribution in [0.4, 0.5) is 11.8 Å². The number of carbonyl (C=O) groups excluding carboxylic acids is 1. The Balaban J connectivity index is 1.76. The summed E-state index contributed by atoms with van der Waals surface area (Å²) in [4.78, 5) is 28.9. The molecular formula is C26H39N5O2. The number of hydrogen-bond donors (Lipinski definition) is 0. The van der Waals surface area contributed by atoms with E-state index in [4.69, 9.17) is 9.72 Å². The van der Waals surface area contributed by atoms with Gasteiger partial charge in [0.05, 0.1) is 6.61 Å². The van der Waals surface area contributed by atoms with E-state index in [0.717, 1.165) is 44.0 Å². The minimum atomic E-state index is -0.0950. The van der Waals surface area contributed by atoms with Gasteiger partial charge in [-0.1, -0.05) is 32.6 Å². The van der Waals surface area contributed by atoms with Crippen molar-refractivity contribution in [1.29, 1.82) is 0 Å². The third-order valence-corrected chi connectivity index (χ3v) is 5.93. The van der Waals surface area contributed by atoms with Gasteiger partial charge < -0.3 is 14.5 Å². The van der Waals surface area contributed by atoms with Crippen molar-refractivity contribution in [3.8, 4) is 5.75 Å². The van der Waals surface area contributed by atoms with Crippen molar-refractivity contribution < 1.29 is 9.53 Å². The second-order valence-corrected chi connectivity index (χ2v) is 8.96. The third-order valence-electron chi connectivity index (χ3n) is 5.93. The van der Waals surface area contributed by atoms with Gasteiger partial charge in [0.15, 0.2) is 0 Å². The minimum absolute atomic E-state index is 0.0950. The van der Waals surface area contributed by atoms with E-state index >= 15 is 0 Å². The number of unbranched alkanes of at least 4 members (excludes halogenated alkanes) is 2. The lowest BCUT2D eigenvalue weighted by Gasteiger charge is -2.25. The average Bonchev–Trinajstić information content (AvgIpc) is 3.12. The van der Waals surface area contributed by atoms with E-state index in [2.05, 4.69) is 21.7 Å². The van der Waals surface area contributed by atoms with Crippen LogP contribution in [0.15, 0.2) is 36.5 Å².